The normalized spacial score (nSPS) is 12.1. The number of halogens is 1. The lowest BCUT2D eigenvalue weighted by molar-refractivity contribution is -0.118. The molecule has 0 atom stereocenters. The number of aryl methyl sites for hydroxylation is 1. The number of anilines is 2. The van der Waals surface area contributed by atoms with E-state index in [-0.39, 0.29) is 28.3 Å². The standard InChI is InChI=1S/C26H37IN6O3/c1-16-9-10-17(22(34)31-19-12-18(26(5,6)7)13-29-24(19)36-8)11-21(16)33(28)14-20(32-27)23(35)30-15-25(2,3)4/h9-14,32H,15,28H2,1-8H3,(H,30,35)(H,31,34)/b20-14-. The Labute approximate surface area is 227 Å². The first kappa shape index (κ1) is 29.4. The molecule has 0 saturated carbocycles. The van der Waals surface area contributed by atoms with Gasteiger partial charge in [-0.2, -0.15) is 0 Å². The largest absolute Gasteiger partial charge is 0.480 e. The summed E-state index contributed by atoms with van der Waals surface area (Å²) >= 11 is 1.89. The molecule has 0 aliphatic carbocycles. The summed E-state index contributed by atoms with van der Waals surface area (Å²) in [6, 6.07) is 7.06. The number of nitrogens with zero attached hydrogens (tertiary/aromatic N) is 2. The second kappa shape index (κ2) is 11.9. The number of benzene rings is 1. The van der Waals surface area contributed by atoms with Gasteiger partial charge in [0.15, 0.2) is 0 Å². The van der Waals surface area contributed by atoms with Crippen LogP contribution in [0.4, 0.5) is 11.4 Å². The first-order valence-corrected chi connectivity index (χ1v) is 12.6. The van der Waals surface area contributed by atoms with Gasteiger partial charge in [0.05, 0.1) is 41.9 Å². The minimum atomic E-state index is -0.338. The number of rotatable bonds is 8. The number of ether oxygens (including phenoxy) is 1. The average molecular weight is 609 g/mol. The Balaban J connectivity index is 2.31. The third kappa shape index (κ3) is 8.09. The molecule has 196 valence electrons. The van der Waals surface area contributed by atoms with Gasteiger partial charge in [-0.05, 0) is 47.1 Å². The molecule has 10 heteroatoms. The van der Waals surface area contributed by atoms with E-state index in [4.69, 9.17) is 10.6 Å². The fourth-order valence-electron chi connectivity index (χ4n) is 3.11. The van der Waals surface area contributed by atoms with Crippen molar-refractivity contribution >= 4 is 46.1 Å². The maximum absolute atomic E-state index is 13.1. The lowest BCUT2D eigenvalue weighted by atomic mass is 9.88. The van der Waals surface area contributed by atoms with Crippen LogP contribution in [-0.2, 0) is 10.2 Å². The first-order chi connectivity index (χ1) is 16.7. The minimum absolute atomic E-state index is 0.0582. The van der Waals surface area contributed by atoms with Crippen molar-refractivity contribution in [3.8, 4) is 5.88 Å². The Morgan fingerprint density at radius 2 is 1.83 bits per heavy atom. The number of hydrogen-bond acceptors (Lipinski definition) is 7. The number of carbonyl (C=O) groups excluding carboxylic acids is 2. The lowest BCUT2D eigenvalue weighted by Gasteiger charge is -2.22. The fourth-order valence-corrected chi connectivity index (χ4v) is 3.50. The van der Waals surface area contributed by atoms with Crippen LogP contribution in [-0.4, -0.2) is 30.5 Å². The van der Waals surface area contributed by atoms with Crippen molar-refractivity contribution in [1.29, 1.82) is 0 Å². The van der Waals surface area contributed by atoms with E-state index in [1.165, 1.54) is 18.3 Å². The molecule has 2 rings (SSSR count). The highest BCUT2D eigenvalue weighted by Crippen LogP contribution is 2.30. The van der Waals surface area contributed by atoms with E-state index < -0.39 is 0 Å². The van der Waals surface area contributed by atoms with Crippen LogP contribution in [0.25, 0.3) is 0 Å². The smallest absolute Gasteiger partial charge is 0.269 e. The number of amides is 2. The first-order valence-electron chi connectivity index (χ1n) is 11.5. The van der Waals surface area contributed by atoms with Crippen molar-refractivity contribution in [1.82, 2.24) is 13.8 Å². The van der Waals surface area contributed by atoms with E-state index in [2.05, 4.69) is 39.9 Å². The monoisotopic (exact) mass is 608 g/mol. The topological polar surface area (TPSA) is 122 Å². The second-order valence-corrected chi connectivity index (χ2v) is 11.3. The van der Waals surface area contributed by atoms with Crippen LogP contribution in [0.3, 0.4) is 0 Å². The highest BCUT2D eigenvalue weighted by molar-refractivity contribution is 14.1. The highest BCUT2D eigenvalue weighted by atomic mass is 127. The summed E-state index contributed by atoms with van der Waals surface area (Å²) in [5.41, 5.74) is 3.32. The fraction of sp³-hybridized carbons (Fsp3) is 0.423. The Hall–Kier alpha value is -2.86. The number of hydrogen-bond donors (Lipinski definition) is 4. The summed E-state index contributed by atoms with van der Waals surface area (Å²) in [6.45, 7) is 14.7. The number of nitrogens with one attached hydrogen (secondary N) is 3. The van der Waals surface area contributed by atoms with E-state index in [9.17, 15) is 9.59 Å². The molecule has 1 aromatic heterocycles. The van der Waals surface area contributed by atoms with E-state index in [0.717, 1.165) is 11.1 Å². The van der Waals surface area contributed by atoms with E-state index in [1.54, 1.807) is 24.4 Å². The molecule has 1 aromatic carbocycles. The lowest BCUT2D eigenvalue weighted by Crippen LogP contribution is -2.37. The van der Waals surface area contributed by atoms with Crippen molar-refractivity contribution in [2.45, 2.75) is 53.9 Å². The Bertz CT molecular complexity index is 1140. The summed E-state index contributed by atoms with van der Waals surface area (Å²) < 4.78 is 8.20. The van der Waals surface area contributed by atoms with Gasteiger partial charge in [-0.3, -0.25) is 14.6 Å². The average Bonchev–Trinajstić information content (AvgIpc) is 2.79. The van der Waals surface area contributed by atoms with Crippen molar-refractivity contribution < 1.29 is 14.3 Å². The number of aromatic nitrogens is 1. The molecule has 0 radical (unpaired) electrons. The van der Waals surface area contributed by atoms with Crippen LogP contribution in [0, 0.1) is 12.3 Å². The predicted molar refractivity (Wildman–Crippen MR) is 153 cm³/mol. The number of nitrogens with two attached hydrogens (primary N) is 1. The van der Waals surface area contributed by atoms with Gasteiger partial charge in [0.1, 0.15) is 11.4 Å². The van der Waals surface area contributed by atoms with Gasteiger partial charge >= 0.3 is 0 Å². The zero-order valence-electron chi connectivity index (χ0n) is 22.2. The zero-order valence-corrected chi connectivity index (χ0v) is 24.4. The van der Waals surface area contributed by atoms with Gasteiger partial charge in [-0.1, -0.05) is 47.6 Å². The molecule has 1 heterocycles. The van der Waals surface area contributed by atoms with E-state index in [1.807, 2.05) is 56.6 Å². The van der Waals surface area contributed by atoms with Gasteiger partial charge in [-0.15, -0.1) is 0 Å². The molecule has 2 aromatic rings. The van der Waals surface area contributed by atoms with Crippen molar-refractivity contribution in [2.24, 2.45) is 11.3 Å². The number of hydrazine groups is 1. The molecule has 5 N–H and O–H groups in total. The molecule has 0 bridgehead atoms. The van der Waals surface area contributed by atoms with Crippen molar-refractivity contribution in [3.05, 3.63) is 59.0 Å². The van der Waals surface area contributed by atoms with Crippen LogP contribution in [0.15, 0.2) is 42.4 Å². The highest BCUT2D eigenvalue weighted by Gasteiger charge is 2.20. The molecular weight excluding hydrogens is 571 g/mol. The van der Waals surface area contributed by atoms with E-state index in [0.29, 0.717) is 29.4 Å². The summed E-state index contributed by atoms with van der Waals surface area (Å²) in [6.07, 6.45) is 3.24. The molecule has 0 fully saturated rings. The molecule has 0 saturated heterocycles. The van der Waals surface area contributed by atoms with Gasteiger partial charge in [0.2, 0.25) is 5.88 Å². The van der Waals surface area contributed by atoms with Gasteiger partial charge in [-0.25, -0.2) is 10.8 Å². The molecule has 0 unspecified atom stereocenters. The summed E-state index contributed by atoms with van der Waals surface area (Å²) in [5.74, 6) is 6.01. The Morgan fingerprint density at radius 3 is 2.39 bits per heavy atom. The summed E-state index contributed by atoms with van der Waals surface area (Å²) in [5, 5.41) is 7.11. The Kier molecular flexibility index (Phi) is 9.72. The number of carbonyl (C=O) groups is 2. The SMILES string of the molecule is COc1ncc(C(C)(C)C)cc1NC(=O)c1ccc(C)c(N(N)/C=C(\NI)C(=O)NCC(C)(C)C)c1. The maximum atomic E-state index is 13.1. The molecule has 0 aliphatic rings. The quantitative estimate of drug-likeness (QED) is 0.114. The molecule has 2 amide bonds. The number of pyridine rings is 1. The van der Waals surface area contributed by atoms with Crippen LogP contribution in [0.5, 0.6) is 5.88 Å². The zero-order chi connectivity index (χ0) is 27.3. The molecule has 36 heavy (non-hydrogen) atoms. The van der Waals surface area contributed by atoms with Crippen LogP contribution >= 0.6 is 22.9 Å². The summed E-state index contributed by atoms with van der Waals surface area (Å²) in [4.78, 5) is 30.1. The maximum Gasteiger partial charge on any atom is 0.269 e. The van der Waals surface area contributed by atoms with E-state index >= 15 is 0 Å². The minimum Gasteiger partial charge on any atom is -0.480 e. The molecular formula is C26H37IN6O3. The molecule has 9 nitrogen and oxygen atoms in total. The molecule has 0 aliphatic heterocycles. The van der Waals surface area contributed by atoms with Crippen molar-refractivity contribution in [3.63, 3.8) is 0 Å². The predicted octanol–water partition coefficient (Wildman–Crippen LogP) is 4.57. The Morgan fingerprint density at radius 1 is 1.17 bits per heavy atom. The number of methoxy groups -OCH3 is 1. The van der Waals surface area contributed by atoms with Gasteiger partial charge in [0.25, 0.3) is 11.8 Å². The summed E-state index contributed by atoms with van der Waals surface area (Å²) in [7, 11) is 1.51. The third-order valence-corrected chi connectivity index (χ3v) is 5.88. The van der Waals surface area contributed by atoms with Crippen LogP contribution in [0.2, 0.25) is 0 Å². The van der Waals surface area contributed by atoms with Gasteiger partial charge in [0, 0.05) is 18.3 Å². The third-order valence-electron chi connectivity index (χ3n) is 5.30. The van der Waals surface area contributed by atoms with Crippen molar-refractivity contribution in [2.75, 3.05) is 24.0 Å². The second-order valence-electron chi connectivity index (χ2n) is 10.8. The van der Waals surface area contributed by atoms with Gasteiger partial charge < -0.3 is 18.9 Å². The van der Waals surface area contributed by atoms with Crippen LogP contribution < -0.4 is 29.8 Å². The van der Waals surface area contributed by atoms with Crippen LogP contribution in [0.1, 0.15) is 63.0 Å². The molecule has 0 spiro atoms.